The molecule has 0 radical (unpaired) electrons. The van der Waals surface area contributed by atoms with Gasteiger partial charge in [-0.25, -0.2) is 4.79 Å². The highest BCUT2D eigenvalue weighted by atomic mass is 16.2. The van der Waals surface area contributed by atoms with Crippen molar-refractivity contribution in [3.05, 3.63) is 35.4 Å². The third-order valence-electron chi connectivity index (χ3n) is 6.63. The largest absolute Gasteiger partial charge is 0.337 e. The van der Waals surface area contributed by atoms with E-state index in [9.17, 15) is 14.4 Å². The first kappa shape index (κ1) is 18.0. The molecule has 4 amide bonds. The normalized spacial score (nSPS) is 29.8. The highest BCUT2D eigenvalue weighted by Gasteiger charge is 2.52. The molecule has 6 nitrogen and oxygen atoms in total. The Hall–Kier alpha value is -2.37. The summed E-state index contributed by atoms with van der Waals surface area (Å²) in [6.45, 7) is 1.99. The average molecular weight is 369 g/mol. The van der Waals surface area contributed by atoms with Crippen molar-refractivity contribution in [3.8, 4) is 0 Å². The molecular weight excluding hydrogens is 342 g/mol. The molecule has 1 N–H and O–H groups in total. The number of nitrogens with one attached hydrogen (secondary N) is 1. The van der Waals surface area contributed by atoms with Gasteiger partial charge in [-0.3, -0.25) is 14.5 Å². The highest BCUT2D eigenvalue weighted by molar-refractivity contribution is 6.09. The van der Waals surface area contributed by atoms with Crippen LogP contribution in [0, 0.1) is 5.92 Å². The van der Waals surface area contributed by atoms with Crippen LogP contribution in [0.5, 0.6) is 0 Å². The van der Waals surface area contributed by atoms with Crippen LogP contribution in [0.2, 0.25) is 0 Å². The molecule has 1 aromatic carbocycles. The van der Waals surface area contributed by atoms with Gasteiger partial charge < -0.3 is 10.2 Å². The summed E-state index contributed by atoms with van der Waals surface area (Å²) >= 11 is 0. The van der Waals surface area contributed by atoms with Gasteiger partial charge in [0.05, 0.1) is 6.04 Å². The number of carbonyl (C=O) groups is 3. The topological polar surface area (TPSA) is 69.7 Å². The number of nitrogens with zero attached hydrogens (tertiary/aromatic N) is 2. The maximum atomic E-state index is 12.9. The average Bonchev–Trinajstić information content (AvgIpc) is 3.19. The summed E-state index contributed by atoms with van der Waals surface area (Å²) in [5.41, 5.74) is 1.65. The predicted molar refractivity (Wildman–Crippen MR) is 101 cm³/mol. The molecule has 1 heterocycles. The molecule has 6 heteroatoms. The van der Waals surface area contributed by atoms with Crippen molar-refractivity contribution in [2.45, 2.75) is 57.0 Å². The van der Waals surface area contributed by atoms with Crippen LogP contribution in [0.3, 0.4) is 0 Å². The second kappa shape index (κ2) is 6.66. The number of urea groups is 1. The standard InChI is InChI=1S/C21H27N3O3/c1-14-9-11-21(12-10-14)19(26)24(20(27)22-21)13-18(25)23(2)17-8-7-15-5-3-4-6-16(15)17/h3-6,14,17H,7-13H2,1-2H3,(H,22,27). The molecule has 144 valence electrons. The van der Waals surface area contributed by atoms with Gasteiger partial charge in [0.1, 0.15) is 12.1 Å². The van der Waals surface area contributed by atoms with Crippen LogP contribution in [0.1, 0.15) is 56.2 Å². The number of rotatable bonds is 3. The van der Waals surface area contributed by atoms with Crippen molar-refractivity contribution < 1.29 is 14.4 Å². The zero-order valence-electron chi connectivity index (χ0n) is 16.0. The lowest BCUT2D eigenvalue weighted by molar-refractivity contribution is -0.140. The molecule has 1 unspecified atom stereocenters. The summed E-state index contributed by atoms with van der Waals surface area (Å²) in [6, 6.07) is 7.74. The number of hydrogen-bond acceptors (Lipinski definition) is 3. The molecule has 1 aromatic rings. The molecule has 2 fully saturated rings. The molecule has 4 rings (SSSR count). The van der Waals surface area contributed by atoms with Gasteiger partial charge in [-0.05, 0) is 55.6 Å². The number of hydrogen-bond donors (Lipinski definition) is 1. The van der Waals surface area contributed by atoms with E-state index in [0.29, 0.717) is 18.8 Å². The maximum Gasteiger partial charge on any atom is 0.325 e. The molecular formula is C21H27N3O3. The molecule has 1 spiro atoms. The van der Waals surface area contributed by atoms with Crippen LogP contribution in [0.25, 0.3) is 0 Å². The van der Waals surface area contributed by atoms with Crippen molar-refractivity contribution in [3.63, 3.8) is 0 Å². The lowest BCUT2D eigenvalue weighted by Gasteiger charge is -2.33. The van der Waals surface area contributed by atoms with E-state index in [1.165, 1.54) is 11.1 Å². The number of carbonyl (C=O) groups excluding carboxylic acids is 3. The Morgan fingerprint density at radius 2 is 1.93 bits per heavy atom. The molecule has 1 aliphatic heterocycles. The minimum atomic E-state index is -0.789. The highest BCUT2D eigenvalue weighted by Crippen LogP contribution is 2.37. The SMILES string of the molecule is CC1CCC2(CC1)NC(=O)N(CC(=O)N(C)C1CCc3ccccc31)C2=O. The zero-order valence-corrected chi connectivity index (χ0v) is 16.0. The van der Waals surface area contributed by atoms with Crippen LogP contribution >= 0.6 is 0 Å². The fourth-order valence-corrected chi connectivity index (χ4v) is 4.77. The number of aryl methyl sites for hydroxylation is 1. The third-order valence-corrected chi connectivity index (χ3v) is 6.63. The zero-order chi connectivity index (χ0) is 19.2. The Bertz CT molecular complexity index is 783. The van der Waals surface area contributed by atoms with E-state index < -0.39 is 11.6 Å². The van der Waals surface area contributed by atoms with Crippen molar-refractivity contribution in [1.29, 1.82) is 0 Å². The van der Waals surface area contributed by atoms with E-state index >= 15 is 0 Å². The van der Waals surface area contributed by atoms with E-state index in [0.717, 1.165) is 30.6 Å². The van der Waals surface area contributed by atoms with Gasteiger partial charge in [0.15, 0.2) is 0 Å². The monoisotopic (exact) mass is 369 g/mol. The molecule has 27 heavy (non-hydrogen) atoms. The molecule has 3 aliphatic rings. The Kier molecular flexibility index (Phi) is 4.44. The van der Waals surface area contributed by atoms with Crippen molar-refractivity contribution in [1.82, 2.24) is 15.1 Å². The smallest absolute Gasteiger partial charge is 0.325 e. The molecule has 0 bridgehead atoms. The van der Waals surface area contributed by atoms with E-state index in [1.54, 1.807) is 11.9 Å². The molecule has 2 aliphatic carbocycles. The Morgan fingerprint density at radius 3 is 2.67 bits per heavy atom. The molecule has 1 atom stereocenters. The Morgan fingerprint density at radius 1 is 1.22 bits per heavy atom. The fraction of sp³-hybridized carbons (Fsp3) is 0.571. The number of fused-ring (bicyclic) bond motifs is 1. The first-order valence-electron chi connectivity index (χ1n) is 9.89. The van der Waals surface area contributed by atoms with Gasteiger partial charge in [0, 0.05) is 7.05 Å². The molecule has 1 saturated heterocycles. The number of imide groups is 1. The van der Waals surface area contributed by atoms with Gasteiger partial charge in [-0.1, -0.05) is 31.2 Å². The van der Waals surface area contributed by atoms with Crippen LogP contribution in [-0.4, -0.2) is 46.8 Å². The second-order valence-corrected chi connectivity index (χ2v) is 8.34. The fourth-order valence-electron chi connectivity index (χ4n) is 4.77. The van der Waals surface area contributed by atoms with E-state index in [4.69, 9.17) is 0 Å². The first-order chi connectivity index (χ1) is 12.9. The minimum absolute atomic E-state index is 0.0129. The lowest BCUT2D eigenvalue weighted by atomic mass is 9.77. The number of likely N-dealkylation sites (N-methyl/N-ethyl adjacent to an activating group) is 1. The van der Waals surface area contributed by atoms with Gasteiger partial charge in [0.25, 0.3) is 5.91 Å². The Balaban J connectivity index is 1.45. The van der Waals surface area contributed by atoms with E-state index in [-0.39, 0.29) is 24.4 Å². The minimum Gasteiger partial charge on any atom is -0.337 e. The van der Waals surface area contributed by atoms with Gasteiger partial charge >= 0.3 is 6.03 Å². The van der Waals surface area contributed by atoms with Crippen LogP contribution < -0.4 is 5.32 Å². The number of benzene rings is 1. The van der Waals surface area contributed by atoms with Crippen LogP contribution in [0.15, 0.2) is 24.3 Å². The van der Waals surface area contributed by atoms with Gasteiger partial charge in [-0.2, -0.15) is 0 Å². The van der Waals surface area contributed by atoms with E-state index in [2.05, 4.69) is 24.4 Å². The molecule has 0 aromatic heterocycles. The maximum absolute atomic E-state index is 12.9. The quantitative estimate of drug-likeness (QED) is 0.833. The number of amides is 4. The van der Waals surface area contributed by atoms with Crippen LogP contribution in [-0.2, 0) is 16.0 Å². The van der Waals surface area contributed by atoms with Crippen LogP contribution in [0.4, 0.5) is 4.79 Å². The molecule has 1 saturated carbocycles. The predicted octanol–water partition coefficient (Wildman–Crippen LogP) is 2.63. The summed E-state index contributed by atoms with van der Waals surface area (Å²) in [5, 5.41) is 2.89. The summed E-state index contributed by atoms with van der Waals surface area (Å²) in [7, 11) is 1.77. The van der Waals surface area contributed by atoms with Gasteiger partial charge in [-0.15, -0.1) is 0 Å². The third kappa shape index (κ3) is 3.01. The van der Waals surface area contributed by atoms with Crippen molar-refractivity contribution in [2.24, 2.45) is 5.92 Å². The Labute approximate surface area is 159 Å². The van der Waals surface area contributed by atoms with Crippen molar-refractivity contribution in [2.75, 3.05) is 13.6 Å². The summed E-state index contributed by atoms with van der Waals surface area (Å²) in [5.74, 6) is 0.152. The first-order valence-corrected chi connectivity index (χ1v) is 9.89. The summed E-state index contributed by atoms with van der Waals surface area (Å²) in [4.78, 5) is 41.1. The van der Waals surface area contributed by atoms with E-state index in [1.807, 2.05) is 12.1 Å². The summed E-state index contributed by atoms with van der Waals surface area (Å²) in [6.07, 6.45) is 5.00. The van der Waals surface area contributed by atoms with Gasteiger partial charge in [0.2, 0.25) is 5.91 Å². The lowest BCUT2D eigenvalue weighted by Crippen LogP contribution is -2.50. The summed E-state index contributed by atoms with van der Waals surface area (Å²) < 4.78 is 0. The van der Waals surface area contributed by atoms with Crippen molar-refractivity contribution >= 4 is 17.8 Å². The second-order valence-electron chi connectivity index (χ2n) is 8.34.